The Morgan fingerprint density at radius 3 is 1.86 bits per heavy atom. The second kappa shape index (κ2) is 9.73. The lowest BCUT2D eigenvalue weighted by molar-refractivity contribution is -0.102. The van der Waals surface area contributed by atoms with E-state index in [-0.39, 0.29) is 5.91 Å². The standard InChI is InChI=1S/C30H32N4O3/c1-5-32(6-2)21-13-15-25-27(19-21)37-28-20-22(33(7-3)8-4)14-16-26(28)30(25)24-12-10-9-11-23(24)29(36)34(30)31-17-18-35/h9-20H,5-8H2,1-4H3/b31-17+. The largest absolute Gasteiger partial charge is 0.456 e. The Hall–Kier alpha value is -4.13. The van der Waals surface area contributed by atoms with Gasteiger partial charge in [0.15, 0.2) is 6.29 Å². The fourth-order valence-electron chi connectivity index (χ4n) is 5.74. The van der Waals surface area contributed by atoms with Crippen molar-refractivity contribution in [3.8, 4) is 11.5 Å². The summed E-state index contributed by atoms with van der Waals surface area (Å²) in [6, 6.07) is 19.9. The number of benzene rings is 3. The van der Waals surface area contributed by atoms with Gasteiger partial charge in [0.1, 0.15) is 17.0 Å². The number of anilines is 2. The van der Waals surface area contributed by atoms with E-state index in [9.17, 15) is 9.59 Å². The van der Waals surface area contributed by atoms with Gasteiger partial charge in [-0.15, -0.1) is 0 Å². The van der Waals surface area contributed by atoms with E-state index >= 15 is 0 Å². The quantitative estimate of drug-likeness (QED) is 0.308. The summed E-state index contributed by atoms with van der Waals surface area (Å²) >= 11 is 0. The van der Waals surface area contributed by atoms with Crippen LogP contribution in [0.3, 0.4) is 0 Å². The van der Waals surface area contributed by atoms with Crippen LogP contribution >= 0.6 is 0 Å². The fraction of sp³-hybridized carbons (Fsp3) is 0.300. The molecule has 2 aliphatic heterocycles. The van der Waals surface area contributed by atoms with Crippen molar-refractivity contribution in [2.75, 3.05) is 36.0 Å². The molecular weight excluding hydrogens is 464 g/mol. The molecule has 190 valence electrons. The first-order valence-electron chi connectivity index (χ1n) is 12.9. The molecule has 2 aliphatic rings. The van der Waals surface area contributed by atoms with Gasteiger partial charge in [-0.3, -0.25) is 9.59 Å². The summed E-state index contributed by atoms with van der Waals surface area (Å²) in [5.41, 5.74) is 4.02. The third kappa shape index (κ3) is 3.60. The molecule has 1 spiro atoms. The van der Waals surface area contributed by atoms with Crippen molar-refractivity contribution in [3.63, 3.8) is 0 Å². The Morgan fingerprint density at radius 2 is 1.35 bits per heavy atom. The highest BCUT2D eigenvalue weighted by molar-refractivity contribution is 6.13. The van der Waals surface area contributed by atoms with Crippen LogP contribution in [0.1, 0.15) is 54.7 Å². The number of rotatable bonds is 8. The van der Waals surface area contributed by atoms with Gasteiger partial charge in [0.2, 0.25) is 0 Å². The maximum atomic E-state index is 13.8. The highest BCUT2D eigenvalue weighted by Gasteiger charge is 2.57. The topological polar surface area (TPSA) is 65.5 Å². The zero-order chi connectivity index (χ0) is 26.2. The van der Waals surface area contributed by atoms with Gasteiger partial charge in [-0.1, -0.05) is 30.3 Å². The molecule has 0 saturated carbocycles. The molecule has 2 heterocycles. The highest BCUT2D eigenvalue weighted by atomic mass is 16.5. The minimum absolute atomic E-state index is 0.256. The number of hydrogen-bond acceptors (Lipinski definition) is 6. The first kappa shape index (κ1) is 24.6. The average molecular weight is 497 g/mol. The van der Waals surface area contributed by atoms with E-state index in [1.54, 1.807) is 0 Å². The number of carbonyl (C=O) groups excluding carboxylic acids is 2. The maximum absolute atomic E-state index is 13.8. The molecule has 0 saturated heterocycles. The van der Waals surface area contributed by atoms with E-state index in [2.05, 4.69) is 54.7 Å². The molecule has 1 amide bonds. The third-order valence-corrected chi connectivity index (χ3v) is 7.49. The minimum Gasteiger partial charge on any atom is -0.456 e. The Bertz CT molecular complexity index is 1310. The number of carbonyl (C=O) groups is 2. The van der Waals surface area contributed by atoms with E-state index in [0.29, 0.717) is 23.3 Å². The number of hydrogen-bond donors (Lipinski definition) is 0. The highest BCUT2D eigenvalue weighted by Crippen LogP contribution is 2.58. The molecular formula is C30H32N4O3. The average Bonchev–Trinajstić information content (AvgIpc) is 3.17. The lowest BCUT2D eigenvalue weighted by atomic mass is 9.75. The van der Waals surface area contributed by atoms with Crippen molar-refractivity contribution in [2.45, 2.75) is 33.2 Å². The van der Waals surface area contributed by atoms with E-state index in [4.69, 9.17) is 4.74 Å². The minimum atomic E-state index is -1.07. The number of ether oxygens (including phenoxy) is 1. The van der Waals surface area contributed by atoms with Crippen LogP contribution in [0.15, 0.2) is 65.8 Å². The Morgan fingerprint density at radius 1 is 0.811 bits per heavy atom. The predicted molar refractivity (Wildman–Crippen MR) is 147 cm³/mol. The summed E-state index contributed by atoms with van der Waals surface area (Å²) in [5, 5.41) is 5.85. The normalized spacial score (nSPS) is 14.8. The molecule has 0 unspecified atom stereocenters. The van der Waals surface area contributed by atoms with Crippen molar-refractivity contribution in [1.29, 1.82) is 0 Å². The van der Waals surface area contributed by atoms with Gasteiger partial charge < -0.3 is 14.5 Å². The monoisotopic (exact) mass is 496 g/mol. The molecule has 37 heavy (non-hydrogen) atoms. The molecule has 0 aromatic heterocycles. The lowest BCUT2D eigenvalue weighted by Gasteiger charge is -2.42. The van der Waals surface area contributed by atoms with Gasteiger partial charge in [-0.2, -0.15) is 5.10 Å². The summed E-state index contributed by atoms with van der Waals surface area (Å²) in [4.78, 5) is 29.6. The van der Waals surface area contributed by atoms with Crippen LogP contribution in [0, 0.1) is 0 Å². The van der Waals surface area contributed by atoms with Crippen LogP contribution in [0.5, 0.6) is 11.5 Å². The summed E-state index contributed by atoms with van der Waals surface area (Å²) in [7, 11) is 0. The molecule has 0 N–H and O–H groups in total. The number of aldehydes is 1. The molecule has 0 aliphatic carbocycles. The molecule has 0 fully saturated rings. The van der Waals surface area contributed by atoms with Crippen LogP contribution in [-0.4, -0.2) is 49.6 Å². The summed E-state index contributed by atoms with van der Waals surface area (Å²) < 4.78 is 6.61. The van der Waals surface area contributed by atoms with Gasteiger partial charge in [-0.05, 0) is 45.9 Å². The number of hydrazone groups is 1. The molecule has 0 bridgehead atoms. The van der Waals surface area contributed by atoms with Gasteiger partial charge in [0.25, 0.3) is 5.91 Å². The zero-order valence-corrected chi connectivity index (χ0v) is 21.8. The lowest BCUT2D eigenvalue weighted by Crippen LogP contribution is -2.44. The van der Waals surface area contributed by atoms with Crippen molar-refractivity contribution in [2.24, 2.45) is 5.10 Å². The van der Waals surface area contributed by atoms with E-state index in [1.807, 2.05) is 48.5 Å². The molecule has 0 radical (unpaired) electrons. The van der Waals surface area contributed by atoms with Crippen LogP contribution in [0.25, 0.3) is 0 Å². The summed E-state index contributed by atoms with van der Waals surface area (Å²) in [6.45, 7) is 11.9. The number of amides is 1. The third-order valence-electron chi connectivity index (χ3n) is 7.49. The van der Waals surface area contributed by atoms with Crippen molar-refractivity contribution < 1.29 is 14.3 Å². The smallest absolute Gasteiger partial charge is 0.275 e. The molecule has 3 aromatic carbocycles. The maximum Gasteiger partial charge on any atom is 0.275 e. The zero-order valence-electron chi connectivity index (χ0n) is 21.8. The van der Waals surface area contributed by atoms with E-state index in [1.165, 1.54) is 5.01 Å². The molecule has 7 heteroatoms. The Labute approximate surface area is 217 Å². The SMILES string of the molecule is CCN(CC)c1ccc2c(c1)Oc1cc(N(CC)CC)ccc1C21c2ccccc2C(=O)N1/N=C/C=O. The number of nitrogens with zero attached hydrogens (tertiary/aromatic N) is 4. The molecule has 0 atom stereocenters. The van der Waals surface area contributed by atoms with Gasteiger partial charge in [0.05, 0.1) is 6.21 Å². The molecule has 7 nitrogen and oxygen atoms in total. The second-order valence-electron chi connectivity index (χ2n) is 9.08. The fourth-order valence-corrected chi connectivity index (χ4v) is 5.74. The number of fused-ring (bicyclic) bond motifs is 6. The van der Waals surface area contributed by atoms with Crippen molar-refractivity contribution in [3.05, 3.63) is 82.9 Å². The summed E-state index contributed by atoms with van der Waals surface area (Å²) in [5.74, 6) is 1.09. The van der Waals surface area contributed by atoms with Gasteiger partial charge in [-0.25, -0.2) is 5.01 Å². The Kier molecular flexibility index (Phi) is 6.46. The second-order valence-corrected chi connectivity index (χ2v) is 9.08. The first-order valence-corrected chi connectivity index (χ1v) is 12.9. The first-order chi connectivity index (χ1) is 18.0. The van der Waals surface area contributed by atoms with Gasteiger partial charge >= 0.3 is 0 Å². The van der Waals surface area contributed by atoms with Crippen LogP contribution < -0.4 is 14.5 Å². The molecule has 5 rings (SSSR count). The molecule has 3 aromatic rings. The predicted octanol–water partition coefficient (Wildman–Crippen LogP) is 5.42. The van der Waals surface area contributed by atoms with E-state index in [0.717, 1.165) is 60.5 Å². The van der Waals surface area contributed by atoms with Crippen LogP contribution in [0.4, 0.5) is 11.4 Å². The van der Waals surface area contributed by atoms with E-state index < -0.39 is 5.54 Å². The van der Waals surface area contributed by atoms with Gasteiger partial charge in [0, 0.05) is 71.9 Å². The van der Waals surface area contributed by atoms with Crippen LogP contribution in [0.2, 0.25) is 0 Å². The van der Waals surface area contributed by atoms with Crippen molar-refractivity contribution in [1.82, 2.24) is 5.01 Å². The summed E-state index contributed by atoms with van der Waals surface area (Å²) in [6.07, 6.45) is 1.73. The van der Waals surface area contributed by atoms with Crippen LogP contribution in [-0.2, 0) is 10.3 Å². The van der Waals surface area contributed by atoms with Crippen molar-refractivity contribution >= 4 is 29.8 Å². The Balaban J connectivity index is 1.85.